The number of benzene rings is 4. The van der Waals surface area contributed by atoms with Crippen molar-refractivity contribution >= 4 is 50.7 Å². The van der Waals surface area contributed by atoms with Crippen LogP contribution in [0.2, 0.25) is 10.0 Å². The molecule has 0 fully saturated rings. The van der Waals surface area contributed by atoms with Gasteiger partial charge in [-0.25, -0.2) is 8.42 Å². The molecule has 1 atom stereocenters. The van der Waals surface area contributed by atoms with E-state index in [1.54, 1.807) is 48.5 Å². The molecule has 1 unspecified atom stereocenters. The number of rotatable bonds is 11. The quantitative estimate of drug-likeness (QED) is 0.179. The van der Waals surface area contributed by atoms with Crippen LogP contribution in [-0.4, -0.2) is 43.3 Å². The Bertz CT molecular complexity index is 1770. The molecule has 0 radical (unpaired) electrons. The minimum absolute atomic E-state index is 0.0411. The maximum Gasteiger partial charge on any atom is 0.264 e. The van der Waals surface area contributed by atoms with E-state index in [1.807, 2.05) is 71.0 Å². The van der Waals surface area contributed by atoms with Crippen LogP contribution in [0, 0.1) is 13.8 Å². The fourth-order valence-electron chi connectivity index (χ4n) is 5.01. The lowest BCUT2D eigenvalue weighted by Crippen LogP contribution is -2.56. The van der Waals surface area contributed by atoms with Crippen molar-refractivity contribution in [1.29, 1.82) is 0 Å². The van der Waals surface area contributed by atoms with E-state index in [9.17, 15) is 18.0 Å². The number of aryl methyl sites for hydroxylation is 2. The molecule has 0 aromatic heterocycles. The first-order chi connectivity index (χ1) is 21.7. The Morgan fingerprint density at radius 3 is 2.00 bits per heavy atom. The Balaban J connectivity index is 1.85. The van der Waals surface area contributed by atoms with E-state index >= 15 is 0 Å². The summed E-state index contributed by atoms with van der Waals surface area (Å²) in [7, 11) is -4.21. The number of carbonyl (C=O) groups excluding carboxylic acids is 2. The number of anilines is 1. The lowest BCUT2D eigenvalue weighted by atomic mass is 10.0. The Hall–Kier alpha value is -3.85. The fourth-order valence-corrected chi connectivity index (χ4v) is 6.93. The van der Waals surface area contributed by atoms with Crippen molar-refractivity contribution in [1.82, 2.24) is 10.2 Å². The van der Waals surface area contributed by atoms with Gasteiger partial charge in [0.25, 0.3) is 10.0 Å². The van der Waals surface area contributed by atoms with Gasteiger partial charge in [0.05, 0.1) is 10.6 Å². The molecule has 1 N–H and O–H groups in total. The molecule has 0 heterocycles. The first kappa shape index (κ1) is 35.0. The molecule has 7 nitrogen and oxygen atoms in total. The molecular formula is C36H39Cl2N3O4S. The average molecular weight is 681 g/mol. The smallest absolute Gasteiger partial charge is 0.264 e. The lowest BCUT2D eigenvalue weighted by molar-refractivity contribution is -0.140. The number of nitrogens with zero attached hydrogens (tertiary/aromatic N) is 2. The van der Waals surface area contributed by atoms with Gasteiger partial charge in [0.15, 0.2) is 0 Å². The van der Waals surface area contributed by atoms with E-state index in [0.717, 1.165) is 21.0 Å². The normalized spacial score (nSPS) is 12.3. The zero-order chi connectivity index (χ0) is 33.6. The second-order valence-electron chi connectivity index (χ2n) is 12.3. The summed E-state index contributed by atoms with van der Waals surface area (Å²) in [5, 5.41) is 3.66. The summed E-state index contributed by atoms with van der Waals surface area (Å²) >= 11 is 13.2. The van der Waals surface area contributed by atoms with Crippen molar-refractivity contribution in [2.75, 3.05) is 10.8 Å². The van der Waals surface area contributed by atoms with Gasteiger partial charge in [0, 0.05) is 34.1 Å². The van der Waals surface area contributed by atoms with Crippen molar-refractivity contribution < 1.29 is 18.0 Å². The highest BCUT2D eigenvalue weighted by atomic mass is 35.5. The summed E-state index contributed by atoms with van der Waals surface area (Å²) in [6.07, 6.45) is 0.172. The third-order valence-corrected chi connectivity index (χ3v) is 9.83. The van der Waals surface area contributed by atoms with Crippen molar-refractivity contribution in [3.8, 4) is 0 Å². The van der Waals surface area contributed by atoms with Crippen LogP contribution in [0.15, 0.2) is 102 Å². The van der Waals surface area contributed by atoms with E-state index in [4.69, 9.17) is 23.2 Å². The summed E-state index contributed by atoms with van der Waals surface area (Å²) in [6.45, 7) is 8.58. The van der Waals surface area contributed by atoms with Crippen molar-refractivity contribution in [2.24, 2.45) is 0 Å². The Kier molecular flexibility index (Phi) is 11.2. The Morgan fingerprint density at radius 1 is 0.804 bits per heavy atom. The van der Waals surface area contributed by atoms with Crippen LogP contribution in [-0.2, 0) is 32.6 Å². The number of amides is 2. The Labute approximate surface area is 282 Å². The molecule has 242 valence electrons. The number of halogens is 2. The first-order valence-corrected chi connectivity index (χ1v) is 17.1. The van der Waals surface area contributed by atoms with Crippen molar-refractivity contribution in [3.05, 3.63) is 129 Å². The van der Waals surface area contributed by atoms with E-state index in [2.05, 4.69) is 5.32 Å². The van der Waals surface area contributed by atoms with Crippen LogP contribution in [0.5, 0.6) is 0 Å². The Morgan fingerprint density at radius 2 is 1.41 bits per heavy atom. The van der Waals surface area contributed by atoms with Gasteiger partial charge < -0.3 is 10.2 Å². The number of nitrogens with one attached hydrogen (secondary N) is 1. The number of hydrogen-bond acceptors (Lipinski definition) is 4. The third-order valence-electron chi connectivity index (χ3n) is 7.34. The van der Waals surface area contributed by atoms with Crippen molar-refractivity contribution in [2.45, 2.75) is 64.1 Å². The predicted molar refractivity (Wildman–Crippen MR) is 186 cm³/mol. The zero-order valence-corrected chi connectivity index (χ0v) is 29.0. The van der Waals surface area contributed by atoms with Gasteiger partial charge in [-0.3, -0.25) is 13.9 Å². The molecule has 10 heteroatoms. The largest absolute Gasteiger partial charge is 0.350 e. The highest BCUT2D eigenvalue weighted by Gasteiger charge is 2.36. The minimum Gasteiger partial charge on any atom is -0.350 e. The molecule has 2 amide bonds. The van der Waals surface area contributed by atoms with Gasteiger partial charge in [0.1, 0.15) is 12.6 Å². The molecular weight excluding hydrogens is 641 g/mol. The average Bonchev–Trinajstić information content (AvgIpc) is 2.98. The van der Waals surface area contributed by atoms with Gasteiger partial charge in [-0.1, -0.05) is 89.4 Å². The summed E-state index contributed by atoms with van der Waals surface area (Å²) in [5.74, 6) is -0.991. The molecule has 0 aliphatic rings. The van der Waals surface area contributed by atoms with Gasteiger partial charge in [-0.15, -0.1) is 0 Å². The van der Waals surface area contributed by atoms with E-state index < -0.39 is 40.0 Å². The van der Waals surface area contributed by atoms with Gasteiger partial charge in [-0.2, -0.15) is 0 Å². The van der Waals surface area contributed by atoms with Crippen LogP contribution >= 0.6 is 23.2 Å². The van der Waals surface area contributed by atoms with Crippen LogP contribution in [0.3, 0.4) is 0 Å². The number of hydrogen-bond donors (Lipinski definition) is 1. The molecule has 46 heavy (non-hydrogen) atoms. The van der Waals surface area contributed by atoms with Crippen molar-refractivity contribution in [3.63, 3.8) is 0 Å². The lowest BCUT2D eigenvalue weighted by Gasteiger charge is -2.35. The van der Waals surface area contributed by atoms with Gasteiger partial charge in [0.2, 0.25) is 11.8 Å². The molecule has 0 spiro atoms. The summed E-state index contributed by atoms with van der Waals surface area (Å²) in [4.78, 5) is 30.1. The maximum atomic E-state index is 14.6. The monoisotopic (exact) mass is 679 g/mol. The van der Waals surface area contributed by atoms with Gasteiger partial charge >= 0.3 is 0 Å². The topological polar surface area (TPSA) is 86.8 Å². The second kappa shape index (κ2) is 14.7. The predicted octanol–water partition coefficient (Wildman–Crippen LogP) is 7.36. The highest BCUT2D eigenvalue weighted by molar-refractivity contribution is 7.92. The summed E-state index contributed by atoms with van der Waals surface area (Å²) < 4.78 is 29.5. The minimum atomic E-state index is -4.21. The van der Waals surface area contributed by atoms with Gasteiger partial charge in [-0.05, 0) is 82.1 Å². The second-order valence-corrected chi connectivity index (χ2v) is 15.0. The molecule has 0 aliphatic heterocycles. The highest BCUT2D eigenvalue weighted by Crippen LogP contribution is 2.29. The van der Waals surface area contributed by atoms with E-state index in [0.29, 0.717) is 21.3 Å². The number of sulfonamides is 1. The molecule has 0 saturated carbocycles. The fraction of sp³-hybridized carbons (Fsp3) is 0.278. The zero-order valence-electron chi connectivity index (χ0n) is 26.6. The van der Waals surface area contributed by atoms with Crippen LogP contribution in [0.25, 0.3) is 0 Å². The maximum absolute atomic E-state index is 14.6. The third kappa shape index (κ3) is 8.90. The van der Waals surface area contributed by atoms with Crippen LogP contribution in [0.1, 0.15) is 43.0 Å². The van der Waals surface area contributed by atoms with Crippen LogP contribution in [0.4, 0.5) is 5.69 Å². The molecule has 0 saturated heterocycles. The van der Waals surface area contributed by atoms with E-state index in [-0.39, 0.29) is 17.9 Å². The summed E-state index contributed by atoms with van der Waals surface area (Å²) in [6, 6.07) is 26.7. The summed E-state index contributed by atoms with van der Waals surface area (Å²) in [5.41, 5.74) is 2.70. The molecule has 4 rings (SSSR count). The molecule has 4 aromatic rings. The molecule has 4 aromatic carbocycles. The first-order valence-electron chi connectivity index (χ1n) is 14.9. The van der Waals surface area contributed by atoms with E-state index in [1.165, 1.54) is 17.0 Å². The molecule has 0 aliphatic carbocycles. The number of carbonyl (C=O) groups is 2. The van der Waals surface area contributed by atoms with Crippen LogP contribution < -0.4 is 9.62 Å². The SMILES string of the molecule is Cc1ccc(S(=O)(=O)N(CC(=O)N(Cc2c(Cl)cccc2Cl)C(Cc2ccccc2)C(=O)NC(C)(C)C)c2cccc(C)c2)cc1. The standard InChI is InChI=1S/C36H39Cl2N3O4S/c1-25-17-19-29(20-18-25)46(44,45)41(28-14-9-11-26(2)21-28)24-34(42)40(23-30-31(37)15-10-16-32(30)38)33(35(43)39-36(3,4)5)22-27-12-7-6-8-13-27/h6-21,33H,22-24H2,1-5H3,(H,39,43). The molecule has 0 bridgehead atoms.